The summed E-state index contributed by atoms with van der Waals surface area (Å²) in [4.78, 5) is 4.25. The highest BCUT2D eigenvalue weighted by atomic mass is 19.1. The maximum atomic E-state index is 13.1. The van der Waals surface area contributed by atoms with E-state index in [1.54, 1.807) is 25.6 Å². The number of nitrogens with zero attached hydrogens (tertiary/aromatic N) is 6. The molecule has 1 aliphatic rings. The molecule has 8 nitrogen and oxygen atoms in total. The summed E-state index contributed by atoms with van der Waals surface area (Å²) < 4.78 is 28.1. The highest BCUT2D eigenvalue weighted by molar-refractivity contribution is 5.71. The number of methoxy groups -OCH3 is 1. The Kier molecular flexibility index (Phi) is 4.69. The number of hydrogen-bond acceptors (Lipinski definition) is 6. The average molecular weight is 416 g/mol. The van der Waals surface area contributed by atoms with Crippen LogP contribution in [-0.4, -0.2) is 31.4 Å². The molecule has 4 aromatic rings. The first-order chi connectivity index (χ1) is 15.2. The van der Waals surface area contributed by atoms with Gasteiger partial charge in [-0.25, -0.2) is 9.37 Å². The summed E-state index contributed by atoms with van der Waals surface area (Å²) in [6, 6.07) is 14.0. The molecule has 0 fully saturated rings. The minimum atomic E-state index is -0.287. The molecule has 1 aliphatic heterocycles. The minimum absolute atomic E-state index is 0.208. The molecule has 2 aromatic heterocycles. The van der Waals surface area contributed by atoms with Crippen LogP contribution in [0.25, 0.3) is 17.1 Å². The van der Waals surface area contributed by atoms with E-state index in [0.717, 1.165) is 22.5 Å². The Balaban J connectivity index is 1.52. The van der Waals surface area contributed by atoms with Gasteiger partial charge in [0.25, 0.3) is 0 Å². The van der Waals surface area contributed by atoms with E-state index in [0.29, 0.717) is 36.2 Å². The Labute approximate surface area is 177 Å². The van der Waals surface area contributed by atoms with Gasteiger partial charge in [-0.15, -0.1) is 10.2 Å². The Morgan fingerprint density at radius 3 is 2.74 bits per heavy atom. The smallest absolute Gasteiger partial charge is 0.166 e. The van der Waals surface area contributed by atoms with Crippen molar-refractivity contribution < 1.29 is 13.9 Å². The van der Waals surface area contributed by atoms with E-state index in [-0.39, 0.29) is 12.4 Å². The number of aromatic nitrogens is 5. The third-order valence-corrected chi connectivity index (χ3v) is 5.22. The lowest BCUT2D eigenvalue weighted by molar-refractivity contribution is 0.0993. The molecule has 2 aromatic carbocycles. The standard InChI is InChI=1S/C22H17FN6O2/c1-30-16-6-7-19-17(8-16)22-27-26-21(12-31-11-14-2-4-15(23)5-3-14)28(22)10-20-18(9-24)25-13-29(19)20/h2-8,13H,10-12H2,1H3. The lowest BCUT2D eigenvalue weighted by atomic mass is 10.1. The summed E-state index contributed by atoms with van der Waals surface area (Å²) in [6.45, 7) is 0.894. The molecule has 5 rings (SSSR count). The van der Waals surface area contributed by atoms with Gasteiger partial charge < -0.3 is 14.0 Å². The summed E-state index contributed by atoms with van der Waals surface area (Å²) in [5.41, 5.74) is 3.61. The van der Waals surface area contributed by atoms with Crippen molar-refractivity contribution in [3.05, 3.63) is 77.4 Å². The zero-order valence-corrected chi connectivity index (χ0v) is 16.6. The van der Waals surface area contributed by atoms with Gasteiger partial charge in [0.05, 0.1) is 31.6 Å². The van der Waals surface area contributed by atoms with Crippen molar-refractivity contribution in [3.63, 3.8) is 0 Å². The Morgan fingerprint density at radius 2 is 1.97 bits per heavy atom. The predicted octanol–water partition coefficient (Wildman–Crippen LogP) is 3.23. The van der Waals surface area contributed by atoms with Gasteiger partial charge in [0.1, 0.15) is 30.6 Å². The van der Waals surface area contributed by atoms with Crippen LogP contribution in [0.1, 0.15) is 22.8 Å². The van der Waals surface area contributed by atoms with Crippen LogP contribution < -0.4 is 4.74 Å². The monoisotopic (exact) mass is 416 g/mol. The number of nitriles is 1. The highest BCUT2D eigenvalue weighted by Gasteiger charge is 2.26. The number of benzene rings is 2. The fourth-order valence-electron chi connectivity index (χ4n) is 3.66. The molecule has 0 spiro atoms. The maximum absolute atomic E-state index is 13.1. The fourth-order valence-corrected chi connectivity index (χ4v) is 3.66. The zero-order chi connectivity index (χ0) is 21.4. The summed E-state index contributed by atoms with van der Waals surface area (Å²) in [7, 11) is 1.61. The van der Waals surface area contributed by atoms with Gasteiger partial charge >= 0.3 is 0 Å². The largest absolute Gasteiger partial charge is 0.497 e. The molecular formula is C22H17FN6O2. The fraction of sp³-hybridized carbons (Fsp3) is 0.182. The summed E-state index contributed by atoms with van der Waals surface area (Å²) >= 11 is 0. The van der Waals surface area contributed by atoms with E-state index >= 15 is 0 Å². The molecule has 0 radical (unpaired) electrons. The Bertz CT molecular complexity index is 1300. The van der Waals surface area contributed by atoms with Crippen LogP contribution in [0.5, 0.6) is 5.75 Å². The van der Waals surface area contributed by atoms with Crippen LogP contribution in [0.4, 0.5) is 4.39 Å². The lowest BCUT2D eigenvalue weighted by Gasteiger charge is -2.09. The first-order valence-electron chi connectivity index (χ1n) is 9.57. The quantitative estimate of drug-likeness (QED) is 0.437. The average Bonchev–Trinajstić information content (AvgIpc) is 3.36. The number of imidazole rings is 1. The molecule has 0 saturated carbocycles. The molecule has 31 heavy (non-hydrogen) atoms. The van der Waals surface area contributed by atoms with Crippen LogP contribution in [0.15, 0.2) is 48.8 Å². The molecule has 0 amide bonds. The van der Waals surface area contributed by atoms with Gasteiger partial charge in [0.15, 0.2) is 17.3 Å². The van der Waals surface area contributed by atoms with Crippen molar-refractivity contribution in [2.75, 3.05) is 7.11 Å². The van der Waals surface area contributed by atoms with Crippen molar-refractivity contribution in [1.82, 2.24) is 24.3 Å². The molecule has 0 N–H and O–H groups in total. The van der Waals surface area contributed by atoms with Crippen molar-refractivity contribution in [3.8, 4) is 28.9 Å². The van der Waals surface area contributed by atoms with E-state index in [2.05, 4.69) is 21.3 Å². The molecule has 0 atom stereocenters. The van der Waals surface area contributed by atoms with Crippen LogP contribution in [0.2, 0.25) is 0 Å². The second-order valence-electron chi connectivity index (χ2n) is 7.05. The third-order valence-electron chi connectivity index (χ3n) is 5.22. The first-order valence-corrected chi connectivity index (χ1v) is 9.57. The van der Waals surface area contributed by atoms with Crippen LogP contribution in [0.3, 0.4) is 0 Å². The predicted molar refractivity (Wildman–Crippen MR) is 108 cm³/mol. The SMILES string of the molecule is COc1ccc2c(c1)-c1nnc(COCc3ccc(F)cc3)n1Cc1c(C#N)ncn1-2. The molecule has 0 unspecified atom stereocenters. The van der Waals surface area contributed by atoms with Gasteiger partial charge in [-0.3, -0.25) is 4.57 Å². The summed E-state index contributed by atoms with van der Waals surface area (Å²) in [6.07, 6.45) is 1.64. The molecule has 9 heteroatoms. The van der Waals surface area contributed by atoms with Crippen molar-refractivity contribution in [1.29, 1.82) is 5.26 Å². The van der Waals surface area contributed by atoms with Gasteiger partial charge in [0, 0.05) is 5.56 Å². The van der Waals surface area contributed by atoms with E-state index in [1.165, 1.54) is 12.1 Å². The number of rotatable bonds is 5. The Hall–Kier alpha value is -4.03. The molecule has 0 saturated heterocycles. The molecule has 154 valence electrons. The number of fused-ring (bicyclic) bond motifs is 5. The molecule has 3 heterocycles. The van der Waals surface area contributed by atoms with E-state index in [1.807, 2.05) is 27.3 Å². The maximum Gasteiger partial charge on any atom is 0.166 e. The first kappa shape index (κ1) is 19.0. The summed E-state index contributed by atoms with van der Waals surface area (Å²) in [5.74, 6) is 1.67. The van der Waals surface area contributed by atoms with E-state index in [9.17, 15) is 9.65 Å². The van der Waals surface area contributed by atoms with Crippen molar-refractivity contribution in [2.45, 2.75) is 19.8 Å². The second-order valence-corrected chi connectivity index (χ2v) is 7.05. The topological polar surface area (TPSA) is 90.8 Å². The lowest BCUT2D eigenvalue weighted by Crippen LogP contribution is -2.09. The van der Waals surface area contributed by atoms with Crippen LogP contribution >= 0.6 is 0 Å². The molecule has 0 bridgehead atoms. The van der Waals surface area contributed by atoms with Crippen molar-refractivity contribution >= 4 is 0 Å². The van der Waals surface area contributed by atoms with Gasteiger partial charge in [-0.05, 0) is 35.9 Å². The van der Waals surface area contributed by atoms with Crippen molar-refractivity contribution in [2.24, 2.45) is 0 Å². The van der Waals surface area contributed by atoms with Crippen LogP contribution in [-0.2, 0) is 24.5 Å². The number of ether oxygens (including phenoxy) is 2. The molecule has 0 aliphatic carbocycles. The van der Waals surface area contributed by atoms with Gasteiger partial charge in [-0.2, -0.15) is 5.26 Å². The Morgan fingerprint density at radius 1 is 1.13 bits per heavy atom. The van der Waals surface area contributed by atoms with Gasteiger partial charge in [-0.1, -0.05) is 12.1 Å². The second kappa shape index (κ2) is 7.66. The summed E-state index contributed by atoms with van der Waals surface area (Å²) in [5, 5.41) is 18.2. The van der Waals surface area contributed by atoms with E-state index in [4.69, 9.17) is 9.47 Å². The third kappa shape index (κ3) is 3.33. The van der Waals surface area contributed by atoms with Crippen LogP contribution in [0, 0.1) is 17.1 Å². The van der Waals surface area contributed by atoms with Gasteiger partial charge in [0.2, 0.25) is 0 Å². The zero-order valence-electron chi connectivity index (χ0n) is 16.6. The number of hydrogen-bond donors (Lipinski definition) is 0. The van der Waals surface area contributed by atoms with E-state index < -0.39 is 0 Å². The minimum Gasteiger partial charge on any atom is -0.497 e. The molecular weight excluding hydrogens is 399 g/mol. The highest BCUT2D eigenvalue weighted by Crippen LogP contribution is 2.34. The normalized spacial score (nSPS) is 11.8. The number of halogens is 1.